The molecule has 130 valence electrons. The fourth-order valence-electron chi connectivity index (χ4n) is 3.80. The molecule has 3 heterocycles. The minimum absolute atomic E-state index is 0.0205. The van der Waals surface area contributed by atoms with Gasteiger partial charge in [0, 0.05) is 24.2 Å². The molecule has 2 N–H and O–H groups in total. The summed E-state index contributed by atoms with van der Waals surface area (Å²) in [7, 11) is 0. The van der Waals surface area contributed by atoms with Crippen LogP contribution < -0.4 is 16.6 Å². The van der Waals surface area contributed by atoms with Gasteiger partial charge >= 0.3 is 5.69 Å². The molecule has 0 unspecified atom stereocenters. The van der Waals surface area contributed by atoms with E-state index in [4.69, 9.17) is 4.42 Å². The number of allylic oxidation sites excluding steroid dienone is 2. The van der Waals surface area contributed by atoms with Crippen LogP contribution in [0.2, 0.25) is 0 Å². The Hall–Kier alpha value is -2.83. The number of carbonyl (C=O) groups excluding carboxylic acids is 1. The zero-order chi connectivity index (χ0) is 17.7. The van der Waals surface area contributed by atoms with Gasteiger partial charge < -0.3 is 9.73 Å². The molecule has 0 saturated carbocycles. The quantitative estimate of drug-likeness (QED) is 0.871. The first kappa shape index (κ1) is 15.7. The van der Waals surface area contributed by atoms with Crippen LogP contribution in [-0.2, 0) is 11.3 Å². The SMILES string of the molecule is CCn1c2c(c(=O)[nH]c1=O)[C@H](c1ccc(C)o1)C1=C(CCCC1=O)N2. The molecule has 0 amide bonds. The molecule has 0 fully saturated rings. The smallest absolute Gasteiger partial charge is 0.329 e. The van der Waals surface area contributed by atoms with Gasteiger partial charge in [-0.1, -0.05) is 0 Å². The van der Waals surface area contributed by atoms with Gasteiger partial charge in [-0.15, -0.1) is 0 Å². The van der Waals surface area contributed by atoms with E-state index in [9.17, 15) is 14.4 Å². The maximum atomic E-state index is 12.6. The summed E-state index contributed by atoms with van der Waals surface area (Å²) in [6.45, 7) is 4.07. The Bertz CT molecular complexity index is 1020. The van der Waals surface area contributed by atoms with Crippen molar-refractivity contribution in [3.05, 3.63) is 61.3 Å². The van der Waals surface area contributed by atoms with Gasteiger partial charge in [-0.2, -0.15) is 0 Å². The average molecular weight is 341 g/mol. The Morgan fingerprint density at radius 1 is 1.24 bits per heavy atom. The van der Waals surface area contributed by atoms with Crippen molar-refractivity contribution in [2.24, 2.45) is 0 Å². The number of hydrogen-bond acceptors (Lipinski definition) is 5. The molecule has 25 heavy (non-hydrogen) atoms. The Kier molecular flexibility index (Phi) is 3.52. The molecule has 7 heteroatoms. The third-order valence-electron chi connectivity index (χ3n) is 4.90. The molecule has 1 atom stereocenters. The second kappa shape index (κ2) is 5.61. The van der Waals surface area contributed by atoms with E-state index < -0.39 is 17.2 Å². The molecule has 0 spiro atoms. The monoisotopic (exact) mass is 341 g/mol. The zero-order valence-electron chi connectivity index (χ0n) is 14.1. The van der Waals surface area contributed by atoms with Crippen molar-refractivity contribution in [1.29, 1.82) is 0 Å². The second-order valence-electron chi connectivity index (χ2n) is 6.44. The van der Waals surface area contributed by atoms with E-state index in [-0.39, 0.29) is 5.78 Å². The van der Waals surface area contributed by atoms with Crippen LogP contribution in [0.1, 0.15) is 49.2 Å². The van der Waals surface area contributed by atoms with Gasteiger partial charge in [0.05, 0.1) is 11.5 Å². The number of nitrogens with one attached hydrogen (secondary N) is 2. The summed E-state index contributed by atoms with van der Waals surface area (Å²) in [5.74, 6) is 1.15. The number of aryl methyl sites for hydroxylation is 1. The first-order valence-corrected chi connectivity index (χ1v) is 8.47. The molecule has 7 nitrogen and oxygen atoms in total. The highest BCUT2D eigenvalue weighted by molar-refractivity contribution is 6.00. The third kappa shape index (κ3) is 2.30. The molecule has 1 aliphatic carbocycles. The summed E-state index contributed by atoms with van der Waals surface area (Å²) in [6, 6.07) is 3.61. The third-order valence-corrected chi connectivity index (χ3v) is 4.90. The Morgan fingerprint density at radius 3 is 2.72 bits per heavy atom. The fourth-order valence-corrected chi connectivity index (χ4v) is 3.80. The number of fused-ring (bicyclic) bond motifs is 1. The number of H-pyrrole nitrogens is 1. The van der Waals surface area contributed by atoms with Crippen molar-refractivity contribution >= 4 is 11.6 Å². The second-order valence-corrected chi connectivity index (χ2v) is 6.44. The maximum Gasteiger partial charge on any atom is 0.329 e. The number of carbonyl (C=O) groups is 1. The van der Waals surface area contributed by atoms with Crippen molar-refractivity contribution in [2.45, 2.75) is 45.6 Å². The number of aromatic nitrogens is 2. The number of hydrogen-bond donors (Lipinski definition) is 2. The highest BCUT2D eigenvalue weighted by Crippen LogP contribution is 2.43. The molecular weight excluding hydrogens is 322 g/mol. The van der Waals surface area contributed by atoms with Crippen molar-refractivity contribution in [2.75, 3.05) is 5.32 Å². The first-order chi connectivity index (χ1) is 12.0. The van der Waals surface area contributed by atoms with Crippen LogP contribution in [0.3, 0.4) is 0 Å². The minimum Gasteiger partial charge on any atom is -0.465 e. The van der Waals surface area contributed by atoms with Gasteiger partial charge in [-0.3, -0.25) is 19.1 Å². The molecule has 0 aromatic carbocycles. The maximum absolute atomic E-state index is 12.6. The summed E-state index contributed by atoms with van der Waals surface area (Å²) in [6.07, 6.45) is 1.92. The van der Waals surface area contributed by atoms with Crippen LogP contribution >= 0.6 is 0 Å². The summed E-state index contributed by atoms with van der Waals surface area (Å²) in [4.78, 5) is 39.8. The Labute approximate surface area is 143 Å². The van der Waals surface area contributed by atoms with Crippen LogP contribution in [0.5, 0.6) is 0 Å². The molecule has 0 saturated heterocycles. The van der Waals surface area contributed by atoms with E-state index in [0.29, 0.717) is 47.9 Å². The van der Waals surface area contributed by atoms with Gasteiger partial charge in [0.2, 0.25) is 0 Å². The number of rotatable bonds is 2. The van der Waals surface area contributed by atoms with Crippen LogP contribution in [-0.4, -0.2) is 15.3 Å². The van der Waals surface area contributed by atoms with Gasteiger partial charge in [0.15, 0.2) is 5.78 Å². The molecule has 0 radical (unpaired) electrons. The lowest BCUT2D eigenvalue weighted by Gasteiger charge is -2.33. The van der Waals surface area contributed by atoms with Gasteiger partial charge in [-0.05, 0) is 38.8 Å². The van der Waals surface area contributed by atoms with Gasteiger partial charge in [0.25, 0.3) is 5.56 Å². The summed E-state index contributed by atoms with van der Waals surface area (Å²) >= 11 is 0. The first-order valence-electron chi connectivity index (χ1n) is 8.47. The van der Waals surface area contributed by atoms with Crippen LogP contribution in [0.4, 0.5) is 5.82 Å². The molecule has 2 aliphatic rings. The van der Waals surface area contributed by atoms with E-state index in [2.05, 4.69) is 10.3 Å². The van der Waals surface area contributed by atoms with Gasteiger partial charge in [-0.25, -0.2) is 4.79 Å². The largest absolute Gasteiger partial charge is 0.465 e. The van der Waals surface area contributed by atoms with Crippen molar-refractivity contribution in [3.8, 4) is 0 Å². The lowest BCUT2D eigenvalue weighted by Crippen LogP contribution is -2.39. The van der Waals surface area contributed by atoms with E-state index in [1.807, 2.05) is 19.9 Å². The standard InChI is InChI=1S/C18H19N3O4/c1-3-21-16-15(17(23)20-18(21)24)14(12-8-7-9(2)25-12)13-10(19-16)5-4-6-11(13)22/h7-8,14,19H,3-6H2,1-2H3,(H,20,23,24)/t14-/m1/s1. The highest BCUT2D eigenvalue weighted by Gasteiger charge is 2.39. The number of aromatic amines is 1. The highest BCUT2D eigenvalue weighted by atomic mass is 16.3. The molecule has 2 aromatic rings. The summed E-state index contributed by atoms with van der Waals surface area (Å²) < 4.78 is 7.27. The topological polar surface area (TPSA) is 97.1 Å². The molecular formula is C18H19N3O4. The summed E-state index contributed by atoms with van der Waals surface area (Å²) in [5, 5.41) is 3.20. The Balaban J connectivity index is 2.06. The van der Waals surface area contributed by atoms with Crippen LogP contribution in [0.25, 0.3) is 0 Å². The average Bonchev–Trinajstić information content (AvgIpc) is 3.00. The number of Topliss-reactive ketones (excluding diaryl/α,β-unsaturated/α-hetero) is 1. The summed E-state index contributed by atoms with van der Waals surface area (Å²) in [5.41, 5.74) is 0.792. The molecule has 1 aliphatic heterocycles. The van der Waals surface area contributed by atoms with Crippen molar-refractivity contribution < 1.29 is 9.21 Å². The number of nitrogens with zero attached hydrogens (tertiary/aromatic N) is 1. The van der Waals surface area contributed by atoms with E-state index in [1.165, 1.54) is 4.57 Å². The predicted molar refractivity (Wildman–Crippen MR) is 91.8 cm³/mol. The fraction of sp³-hybridized carbons (Fsp3) is 0.389. The lowest BCUT2D eigenvalue weighted by molar-refractivity contribution is -0.116. The van der Waals surface area contributed by atoms with Crippen LogP contribution in [0.15, 0.2) is 37.4 Å². The normalized spacial score (nSPS) is 19.4. The molecule has 0 bridgehead atoms. The lowest BCUT2D eigenvalue weighted by atomic mass is 9.79. The molecule has 2 aromatic heterocycles. The van der Waals surface area contributed by atoms with Crippen molar-refractivity contribution in [3.63, 3.8) is 0 Å². The number of ketones is 1. The Morgan fingerprint density at radius 2 is 2.04 bits per heavy atom. The van der Waals surface area contributed by atoms with E-state index in [0.717, 1.165) is 12.1 Å². The zero-order valence-corrected chi connectivity index (χ0v) is 14.1. The predicted octanol–water partition coefficient (Wildman–Crippen LogP) is 2.02. The molecule has 4 rings (SSSR count). The van der Waals surface area contributed by atoms with Crippen LogP contribution in [0, 0.1) is 6.92 Å². The number of furan rings is 1. The van der Waals surface area contributed by atoms with Crippen molar-refractivity contribution in [1.82, 2.24) is 9.55 Å². The van der Waals surface area contributed by atoms with Gasteiger partial charge in [0.1, 0.15) is 17.3 Å². The van der Waals surface area contributed by atoms with E-state index in [1.54, 1.807) is 6.07 Å². The van der Waals surface area contributed by atoms with E-state index >= 15 is 0 Å². The minimum atomic E-state index is -0.588. The number of anilines is 1.